The van der Waals surface area contributed by atoms with Crippen LogP contribution in [0.2, 0.25) is 0 Å². The Morgan fingerprint density at radius 1 is 1.24 bits per heavy atom. The summed E-state index contributed by atoms with van der Waals surface area (Å²) in [6.45, 7) is 6.78. The molecule has 1 aromatic carbocycles. The van der Waals surface area contributed by atoms with Crippen molar-refractivity contribution in [3.8, 4) is 0 Å². The van der Waals surface area contributed by atoms with Gasteiger partial charge in [0, 0.05) is 36.1 Å². The Balaban J connectivity index is 1.80. The smallest absolute Gasteiger partial charge is 0.0450 e. The maximum atomic E-state index is 3.70. The molecule has 1 aromatic heterocycles. The maximum absolute atomic E-state index is 3.70. The topological polar surface area (TPSA) is 15.3 Å². The first-order valence-electron chi connectivity index (χ1n) is 7.87. The molecular formula is C18H24N2S. The van der Waals surface area contributed by atoms with Crippen LogP contribution < -0.4 is 5.32 Å². The third kappa shape index (κ3) is 3.20. The van der Waals surface area contributed by atoms with E-state index in [2.05, 4.69) is 71.9 Å². The highest BCUT2D eigenvalue weighted by molar-refractivity contribution is 7.10. The Hall–Kier alpha value is -1.16. The third-order valence-corrected chi connectivity index (χ3v) is 5.45. The molecule has 3 rings (SSSR count). The van der Waals surface area contributed by atoms with Gasteiger partial charge in [0.15, 0.2) is 0 Å². The van der Waals surface area contributed by atoms with Gasteiger partial charge in [-0.25, -0.2) is 0 Å². The van der Waals surface area contributed by atoms with E-state index in [9.17, 15) is 0 Å². The lowest BCUT2D eigenvalue weighted by atomic mass is 9.99. The van der Waals surface area contributed by atoms with Gasteiger partial charge in [0.25, 0.3) is 0 Å². The number of thiophene rings is 1. The fourth-order valence-electron chi connectivity index (χ4n) is 3.31. The van der Waals surface area contributed by atoms with Crippen LogP contribution in [0.5, 0.6) is 0 Å². The van der Waals surface area contributed by atoms with E-state index in [1.54, 1.807) is 0 Å². The minimum Gasteiger partial charge on any atom is -0.307 e. The van der Waals surface area contributed by atoms with Crippen molar-refractivity contribution in [3.05, 3.63) is 58.3 Å². The highest BCUT2D eigenvalue weighted by Crippen LogP contribution is 2.33. The molecule has 3 unspecified atom stereocenters. The molecule has 3 atom stereocenters. The average molecular weight is 300 g/mol. The zero-order valence-corrected chi connectivity index (χ0v) is 13.6. The number of hydrogen-bond acceptors (Lipinski definition) is 3. The second kappa shape index (κ2) is 6.73. The van der Waals surface area contributed by atoms with Crippen molar-refractivity contribution in [2.45, 2.75) is 38.4 Å². The molecule has 0 spiro atoms. The molecule has 0 saturated carbocycles. The standard InChI is InChI=1S/C18H24N2S/c1-3-17(18-10-7-11-21-18)20-13-16(19-12-14(20)2)15-8-5-4-6-9-15/h4-11,14,16-17,19H,3,12-13H2,1-2H3. The van der Waals surface area contributed by atoms with Gasteiger partial charge < -0.3 is 5.32 Å². The summed E-state index contributed by atoms with van der Waals surface area (Å²) in [4.78, 5) is 4.18. The van der Waals surface area contributed by atoms with E-state index in [1.165, 1.54) is 16.9 Å². The molecule has 2 heterocycles. The lowest BCUT2D eigenvalue weighted by Gasteiger charge is -2.43. The van der Waals surface area contributed by atoms with Crippen molar-refractivity contribution in [1.29, 1.82) is 0 Å². The molecule has 0 amide bonds. The second-order valence-corrected chi connectivity index (χ2v) is 6.84. The van der Waals surface area contributed by atoms with Crippen molar-refractivity contribution >= 4 is 11.3 Å². The summed E-state index contributed by atoms with van der Waals surface area (Å²) in [5, 5.41) is 5.90. The first-order chi connectivity index (χ1) is 10.3. The molecule has 1 aliphatic heterocycles. The van der Waals surface area contributed by atoms with E-state index in [0.717, 1.165) is 13.1 Å². The lowest BCUT2D eigenvalue weighted by molar-refractivity contribution is 0.0894. The van der Waals surface area contributed by atoms with Crippen LogP contribution in [0.25, 0.3) is 0 Å². The number of nitrogens with zero attached hydrogens (tertiary/aromatic N) is 1. The number of hydrogen-bond donors (Lipinski definition) is 1. The van der Waals surface area contributed by atoms with Crippen LogP contribution in [-0.4, -0.2) is 24.0 Å². The van der Waals surface area contributed by atoms with Crippen LogP contribution in [0.3, 0.4) is 0 Å². The van der Waals surface area contributed by atoms with Crippen LogP contribution in [0.1, 0.15) is 42.8 Å². The van der Waals surface area contributed by atoms with Gasteiger partial charge in [-0.1, -0.05) is 43.3 Å². The van der Waals surface area contributed by atoms with Gasteiger partial charge in [-0.3, -0.25) is 4.90 Å². The van der Waals surface area contributed by atoms with Crippen molar-refractivity contribution < 1.29 is 0 Å². The van der Waals surface area contributed by atoms with Gasteiger partial charge in [-0.15, -0.1) is 11.3 Å². The highest BCUT2D eigenvalue weighted by atomic mass is 32.1. The molecule has 112 valence electrons. The van der Waals surface area contributed by atoms with E-state index >= 15 is 0 Å². The van der Waals surface area contributed by atoms with Crippen LogP contribution in [-0.2, 0) is 0 Å². The molecule has 0 bridgehead atoms. The number of nitrogens with one attached hydrogen (secondary N) is 1. The SMILES string of the molecule is CCC(c1cccs1)N1CC(c2ccccc2)NCC1C. The van der Waals surface area contributed by atoms with Crippen LogP contribution in [0.4, 0.5) is 0 Å². The maximum Gasteiger partial charge on any atom is 0.0450 e. The molecule has 0 aliphatic carbocycles. The first kappa shape index (κ1) is 14.8. The molecule has 2 aromatic rings. The first-order valence-corrected chi connectivity index (χ1v) is 8.75. The number of benzene rings is 1. The minimum absolute atomic E-state index is 0.441. The molecule has 0 radical (unpaired) electrons. The van der Waals surface area contributed by atoms with Crippen molar-refractivity contribution in [3.63, 3.8) is 0 Å². The summed E-state index contributed by atoms with van der Waals surface area (Å²) in [7, 11) is 0. The molecule has 1 saturated heterocycles. The Morgan fingerprint density at radius 3 is 2.71 bits per heavy atom. The summed E-state index contributed by atoms with van der Waals surface area (Å²) in [6.07, 6.45) is 1.17. The fraction of sp³-hybridized carbons (Fsp3) is 0.444. The minimum atomic E-state index is 0.441. The monoisotopic (exact) mass is 300 g/mol. The second-order valence-electron chi connectivity index (χ2n) is 5.86. The zero-order valence-electron chi connectivity index (χ0n) is 12.8. The van der Waals surface area contributed by atoms with E-state index in [-0.39, 0.29) is 0 Å². The normalized spacial score (nSPS) is 24.9. The zero-order chi connectivity index (χ0) is 14.7. The quantitative estimate of drug-likeness (QED) is 0.909. The summed E-state index contributed by atoms with van der Waals surface area (Å²) in [5.41, 5.74) is 1.40. The lowest BCUT2D eigenvalue weighted by Crippen LogP contribution is -2.52. The molecule has 3 heteroatoms. The van der Waals surface area contributed by atoms with Crippen LogP contribution in [0.15, 0.2) is 47.8 Å². The number of piperazine rings is 1. The van der Waals surface area contributed by atoms with E-state index < -0.39 is 0 Å². The van der Waals surface area contributed by atoms with Gasteiger partial charge in [0.1, 0.15) is 0 Å². The molecule has 1 aliphatic rings. The molecule has 1 fully saturated rings. The molecule has 1 N–H and O–H groups in total. The largest absolute Gasteiger partial charge is 0.307 e. The van der Waals surface area contributed by atoms with Gasteiger partial charge in [-0.05, 0) is 30.4 Å². The summed E-state index contributed by atoms with van der Waals surface area (Å²) in [6, 6.07) is 16.9. The summed E-state index contributed by atoms with van der Waals surface area (Å²) in [5.74, 6) is 0. The predicted molar refractivity (Wildman–Crippen MR) is 90.7 cm³/mol. The van der Waals surface area contributed by atoms with Gasteiger partial charge in [0.2, 0.25) is 0 Å². The van der Waals surface area contributed by atoms with Gasteiger partial charge in [-0.2, -0.15) is 0 Å². The van der Waals surface area contributed by atoms with Crippen LogP contribution in [0, 0.1) is 0 Å². The van der Waals surface area contributed by atoms with Crippen molar-refractivity contribution in [2.24, 2.45) is 0 Å². The van der Waals surface area contributed by atoms with Gasteiger partial charge >= 0.3 is 0 Å². The van der Waals surface area contributed by atoms with Crippen molar-refractivity contribution in [2.75, 3.05) is 13.1 Å². The Labute approximate surface area is 131 Å². The van der Waals surface area contributed by atoms with Crippen LogP contribution >= 0.6 is 11.3 Å². The Kier molecular flexibility index (Phi) is 4.73. The number of rotatable bonds is 4. The van der Waals surface area contributed by atoms with Crippen molar-refractivity contribution in [1.82, 2.24) is 10.2 Å². The molecule has 21 heavy (non-hydrogen) atoms. The molecule has 2 nitrogen and oxygen atoms in total. The van der Waals surface area contributed by atoms with E-state index in [0.29, 0.717) is 18.1 Å². The fourth-order valence-corrected chi connectivity index (χ4v) is 4.24. The van der Waals surface area contributed by atoms with E-state index in [4.69, 9.17) is 0 Å². The summed E-state index contributed by atoms with van der Waals surface area (Å²) >= 11 is 1.89. The third-order valence-electron chi connectivity index (χ3n) is 4.48. The summed E-state index contributed by atoms with van der Waals surface area (Å²) < 4.78 is 0. The average Bonchev–Trinajstić information content (AvgIpc) is 3.05. The van der Waals surface area contributed by atoms with Gasteiger partial charge in [0.05, 0.1) is 0 Å². The Morgan fingerprint density at radius 2 is 2.05 bits per heavy atom. The van der Waals surface area contributed by atoms with E-state index in [1.807, 2.05) is 11.3 Å². The molecular weight excluding hydrogens is 276 g/mol. The highest BCUT2D eigenvalue weighted by Gasteiger charge is 2.31. The Bertz CT molecular complexity index is 538. The predicted octanol–water partition coefficient (Wildman–Crippen LogP) is 4.23.